The van der Waals surface area contributed by atoms with Crippen molar-refractivity contribution in [3.63, 3.8) is 0 Å². The Morgan fingerprint density at radius 1 is 1.30 bits per heavy atom. The van der Waals surface area contributed by atoms with E-state index >= 15 is 0 Å². The summed E-state index contributed by atoms with van der Waals surface area (Å²) in [6, 6.07) is 12.0. The van der Waals surface area contributed by atoms with E-state index in [2.05, 4.69) is 22.6 Å². The van der Waals surface area contributed by atoms with E-state index in [4.69, 9.17) is 0 Å². The lowest BCUT2D eigenvalue weighted by atomic mass is 9.98. The molecule has 23 heavy (non-hydrogen) atoms. The van der Waals surface area contributed by atoms with Gasteiger partial charge in [0.2, 0.25) is 5.91 Å². The summed E-state index contributed by atoms with van der Waals surface area (Å²) in [4.78, 5) is 12.1. The highest BCUT2D eigenvalue weighted by molar-refractivity contribution is 7.08. The highest BCUT2D eigenvalue weighted by Gasteiger charge is 2.11. The molecule has 5 nitrogen and oxygen atoms in total. The molecule has 0 saturated heterocycles. The van der Waals surface area contributed by atoms with Crippen LogP contribution in [0.2, 0.25) is 0 Å². The minimum atomic E-state index is 0.0198. The topological polar surface area (TPSA) is 59.8 Å². The van der Waals surface area contributed by atoms with Crippen LogP contribution in [-0.2, 0) is 11.3 Å². The van der Waals surface area contributed by atoms with Crippen LogP contribution in [0, 0.1) is 0 Å². The van der Waals surface area contributed by atoms with Crippen molar-refractivity contribution in [1.82, 2.24) is 20.3 Å². The minimum absolute atomic E-state index is 0.0198. The van der Waals surface area contributed by atoms with Crippen molar-refractivity contribution in [3.8, 4) is 5.69 Å². The molecule has 1 amide bonds. The Bertz CT molecular complexity index is 752. The monoisotopic (exact) mass is 326 g/mol. The molecule has 0 aliphatic heterocycles. The number of carbonyl (C=O) groups is 1. The van der Waals surface area contributed by atoms with Gasteiger partial charge in [0.25, 0.3) is 0 Å². The molecule has 3 rings (SSSR count). The van der Waals surface area contributed by atoms with Gasteiger partial charge >= 0.3 is 0 Å². The summed E-state index contributed by atoms with van der Waals surface area (Å²) < 4.78 is 1.71. The Morgan fingerprint density at radius 2 is 2.13 bits per heavy atom. The molecule has 0 fully saturated rings. The summed E-state index contributed by atoms with van der Waals surface area (Å²) in [7, 11) is 0. The molecule has 1 unspecified atom stereocenters. The number of benzene rings is 1. The lowest BCUT2D eigenvalue weighted by Crippen LogP contribution is -2.24. The smallest absolute Gasteiger partial charge is 0.220 e. The molecule has 0 aliphatic rings. The average Bonchev–Trinajstić information content (AvgIpc) is 3.25. The van der Waals surface area contributed by atoms with E-state index < -0.39 is 0 Å². The zero-order chi connectivity index (χ0) is 16.1. The lowest BCUT2D eigenvalue weighted by molar-refractivity contribution is -0.121. The van der Waals surface area contributed by atoms with E-state index in [9.17, 15) is 4.79 Å². The quantitative estimate of drug-likeness (QED) is 0.757. The number of nitrogens with one attached hydrogen (secondary N) is 1. The standard InChI is InChI=1S/C17H18N4OS/c1-13(14-5-3-2-4-6-14)9-17(22)18-10-15-11-21(20-19-15)16-7-8-23-12-16/h2-8,11-13H,9-10H2,1H3,(H,18,22). The second kappa shape index (κ2) is 7.19. The molecule has 0 saturated carbocycles. The fraction of sp³-hybridized carbons (Fsp3) is 0.235. The zero-order valence-electron chi connectivity index (χ0n) is 12.8. The van der Waals surface area contributed by atoms with Gasteiger partial charge in [-0.1, -0.05) is 42.5 Å². The highest BCUT2D eigenvalue weighted by atomic mass is 32.1. The first-order valence-corrected chi connectivity index (χ1v) is 8.42. The van der Waals surface area contributed by atoms with Gasteiger partial charge in [-0.05, 0) is 22.9 Å². The van der Waals surface area contributed by atoms with Crippen LogP contribution < -0.4 is 5.32 Å². The van der Waals surface area contributed by atoms with Crippen LogP contribution >= 0.6 is 11.3 Å². The number of nitrogens with zero attached hydrogens (tertiary/aromatic N) is 3. The van der Waals surface area contributed by atoms with E-state index in [-0.39, 0.29) is 11.8 Å². The van der Waals surface area contributed by atoms with Crippen LogP contribution in [-0.4, -0.2) is 20.9 Å². The summed E-state index contributed by atoms with van der Waals surface area (Å²) in [6.07, 6.45) is 2.30. The van der Waals surface area contributed by atoms with Crippen LogP contribution in [0.1, 0.15) is 30.5 Å². The third-order valence-electron chi connectivity index (χ3n) is 3.64. The number of hydrogen-bond donors (Lipinski definition) is 1. The molecule has 6 heteroatoms. The Balaban J connectivity index is 1.51. The molecule has 1 atom stereocenters. The van der Waals surface area contributed by atoms with Gasteiger partial charge in [0, 0.05) is 11.8 Å². The second-order valence-electron chi connectivity index (χ2n) is 5.43. The fourth-order valence-corrected chi connectivity index (χ4v) is 2.95. The molecule has 0 spiro atoms. The molecular formula is C17H18N4OS. The Kier molecular flexibility index (Phi) is 4.83. The molecule has 3 aromatic rings. The van der Waals surface area contributed by atoms with Crippen LogP contribution in [0.25, 0.3) is 5.69 Å². The van der Waals surface area contributed by atoms with E-state index in [0.29, 0.717) is 13.0 Å². The van der Waals surface area contributed by atoms with Crippen molar-refractivity contribution in [2.75, 3.05) is 0 Å². The van der Waals surface area contributed by atoms with E-state index in [1.54, 1.807) is 16.0 Å². The van der Waals surface area contributed by atoms with Gasteiger partial charge in [0.05, 0.1) is 18.4 Å². The average molecular weight is 326 g/mol. The van der Waals surface area contributed by atoms with Crippen molar-refractivity contribution in [3.05, 3.63) is 64.6 Å². The maximum Gasteiger partial charge on any atom is 0.220 e. The van der Waals surface area contributed by atoms with Crippen LogP contribution in [0.15, 0.2) is 53.4 Å². The predicted octanol–water partition coefficient (Wildman–Crippen LogP) is 3.14. The third-order valence-corrected chi connectivity index (χ3v) is 4.31. The number of aromatic nitrogens is 3. The van der Waals surface area contributed by atoms with Gasteiger partial charge in [0.15, 0.2) is 0 Å². The number of rotatable bonds is 6. The van der Waals surface area contributed by atoms with Gasteiger partial charge in [-0.25, -0.2) is 4.68 Å². The maximum atomic E-state index is 12.1. The molecule has 1 N–H and O–H groups in total. The zero-order valence-corrected chi connectivity index (χ0v) is 13.7. The summed E-state index contributed by atoms with van der Waals surface area (Å²) in [5, 5.41) is 15.0. The summed E-state index contributed by atoms with van der Waals surface area (Å²) in [6.45, 7) is 2.45. The van der Waals surface area contributed by atoms with Crippen molar-refractivity contribution in [2.45, 2.75) is 25.8 Å². The predicted molar refractivity (Wildman–Crippen MR) is 90.6 cm³/mol. The van der Waals surface area contributed by atoms with Crippen molar-refractivity contribution >= 4 is 17.2 Å². The van der Waals surface area contributed by atoms with Gasteiger partial charge in [-0.2, -0.15) is 11.3 Å². The number of hydrogen-bond acceptors (Lipinski definition) is 4. The van der Waals surface area contributed by atoms with E-state index in [0.717, 1.165) is 11.4 Å². The summed E-state index contributed by atoms with van der Waals surface area (Å²) >= 11 is 1.61. The van der Waals surface area contributed by atoms with E-state index in [1.807, 2.05) is 53.4 Å². The fourth-order valence-electron chi connectivity index (χ4n) is 2.33. The summed E-state index contributed by atoms with van der Waals surface area (Å²) in [5.74, 6) is 0.212. The van der Waals surface area contributed by atoms with Crippen molar-refractivity contribution in [1.29, 1.82) is 0 Å². The molecule has 0 bridgehead atoms. The van der Waals surface area contributed by atoms with Crippen molar-refractivity contribution in [2.24, 2.45) is 0 Å². The molecule has 118 valence electrons. The second-order valence-corrected chi connectivity index (χ2v) is 6.21. The third kappa shape index (κ3) is 4.04. The Labute approximate surface area is 139 Å². The molecule has 2 heterocycles. The van der Waals surface area contributed by atoms with E-state index in [1.165, 1.54) is 5.56 Å². The summed E-state index contributed by atoms with van der Waals surface area (Å²) in [5.41, 5.74) is 2.90. The first kappa shape index (κ1) is 15.4. The molecule has 1 aromatic carbocycles. The van der Waals surface area contributed by atoms with Crippen molar-refractivity contribution < 1.29 is 4.79 Å². The largest absolute Gasteiger partial charge is 0.350 e. The van der Waals surface area contributed by atoms with Crippen LogP contribution in [0.4, 0.5) is 0 Å². The molecule has 0 aliphatic carbocycles. The molecule has 2 aromatic heterocycles. The number of carbonyl (C=O) groups excluding carboxylic acids is 1. The lowest BCUT2D eigenvalue weighted by Gasteiger charge is -2.11. The van der Waals surface area contributed by atoms with Gasteiger partial charge in [-0.3, -0.25) is 4.79 Å². The molecular weight excluding hydrogens is 308 g/mol. The number of amides is 1. The molecule has 0 radical (unpaired) electrons. The minimum Gasteiger partial charge on any atom is -0.350 e. The number of thiophene rings is 1. The first-order chi connectivity index (χ1) is 11.2. The highest BCUT2D eigenvalue weighted by Crippen LogP contribution is 2.18. The maximum absolute atomic E-state index is 12.1. The van der Waals surface area contributed by atoms with Gasteiger partial charge in [0.1, 0.15) is 5.69 Å². The Hall–Kier alpha value is -2.47. The van der Waals surface area contributed by atoms with Gasteiger partial charge in [-0.15, -0.1) is 5.10 Å². The van der Waals surface area contributed by atoms with Gasteiger partial charge < -0.3 is 5.32 Å². The normalized spacial score (nSPS) is 12.0. The first-order valence-electron chi connectivity index (χ1n) is 7.48. The Morgan fingerprint density at radius 3 is 2.87 bits per heavy atom. The van der Waals surface area contributed by atoms with Crippen LogP contribution in [0.5, 0.6) is 0 Å². The SMILES string of the molecule is CC(CC(=O)NCc1cn(-c2ccsc2)nn1)c1ccccc1. The van der Waals surface area contributed by atoms with Crippen LogP contribution in [0.3, 0.4) is 0 Å².